The number of aliphatic hydroxyl groups excluding tert-OH is 1. The van der Waals surface area contributed by atoms with Gasteiger partial charge in [0.05, 0.1) is 0 Å². The molecule has 2 rings (SSSR count). The lowest BCUT2D eigenvalue weighted by atomic mass is 9.89. The van der Waals surface area contributed by atoms with Crippen molar-refractivity contribution in [3.05, 3.63) is 35.9 Å². The summed E-state index contributed by atoms with van der Waals surface area (Å²) in [7, 11) is 0. The van der Waals surface area contributed by atoms with E-state index < -0.39 is 12.4 Å². The maximum absolute atomic E-state index is 9.94. The van der Waals surface area contributed by atoms with E-state index in [0.717, 1.165) is 18.0 Å². The lowest BCUT2D eigenvalue weighted by Gasteiger charge is -2.23. The standard InChI is InChI=1S/C14H21NO.CH2O3/c16-14(13-9-5-2-6-10-13)15-11-12-7-3-1-4-8-12;2-1(3)4/h2,5-6,9-10,12,14-16H,1,3-4,7-8,11H2;(H2,2,3,4). The Kier molecular flexibility index (Phi) is 7.69. The molecular formula is C15H23NO4. The Labute approximate surface area is 119 Å². The summed E-state index contributed by atoms with van der Waals surface area (Å²) >= 11 is 0. The first-order valence-electron chi connectivity index (χ1n) is 6.98. The molecule has 1 saturated carbocycles. The molecule has 4 N–H and O–H groups in total. The summed E-state index contributed by atoms with van der Waals surface area (Å²) in [5.41, 5.74) is 0.957. The highest BCUT2D eigenvalue weighted by atomic mass is 16.6. The van der Waals surface area contributed by atoms with E-state index in [1.165, 1.54) is 32.1 Å². The lowest BCUT2D eigenvalue weighted by Crippen LogP contribution is -2.28. The second-order valence-electron chi connectivity index (χ2n) is 5.01. The van der Waals surface area contributed by atoms with Crippen molar-refractivity contribution in [1.82, 2.24) is 5.32 Å². The largest absolute Gasteiger partial charge is 0.503 e. The van der Waals surface area contributed by atoms with Crippen molar-refractivity contribution in [2.45, 2.75) is 38.3 Å². The van der Waals surface area contributed by atoms with E-state index in [-0.39, 0.29) is 0 Å². The predicted octanol–water partition coefficient (Wildman–Crippen LogP) is 3.07. The van der Waals surface area contributed by atoms with Gasteiger partial charge in [0, 0.05) is 6.54 Å². The van der Waals surface area contributed by atoms with Crippen LogP contribution in [0.3, 0.4) is 0 Å². The van der Waals surface area contributed by atoms with Crippen LogP contribution in [0.1, 0.15) is 43.9 Å². The molecule has 0 radical (unpaired) electrons. The van der Waals surface area contributed by atoms with Crippen LogP contribution >= 0.6 is 0 Å². The van der Waals surface area contributed by atoms with Crippen molar-refractivity contribution in [1.29, 1.82) is 0 Å². The summed E-state index contributed by atoms with van der Waals surface area (Å²) in [4.78, 5) is 8.56. The molecular weight excluding hydrogens is 258 g/mol. The van der Waals surface area contributed by atoms with Crippen LogP contribution in [0.5, 0.6) is 0 Å². The van der Waals surface area contributed by atoms with Crippen LogP contribution in [0.25, 0.3) is 0 Å². The highest BCUT2D eigenvalue weighted by Gasteiger charge is 2.14. The van der Waals surface area contributed by atoms with Gasteiger partial charge in [-0.2, -0.15) is 0 Å². The normalized spacial score (nSPS) is 16.9. The highest BCUT2D eigenvalue weighted by Crippen LogP contribution is 2.23. The van der Waals surface area contributed by atoms with Gasteiger partial charge < -0.3 is 15.3 Å². The van der Waals surface area contributed by atoms with Crippen molar-refractivity contribution in [3.63, 3.8) is 0 Å². The first kappa shape index (κ1) is 16.5. The van der Waals surface area contributed by atoms with E-state index >= 15 is 0 Å². The molecule has 20 heavy (non-hydrogen) atoms. The fourth-order valence-corrected chi connectivity index (χ4v) is 2.42. The number of nitrogens with one attached hydrogen (secondary N) is 1. The molecule has 1 aliphatic carbocycles. The molecule has 1 aromatic rings. The Bertz CT molecular complexity index is 373. The summed E-state index contributed by atoms with van der Waals surface area (Å²) in [6.07, 6.45) is 4.38. The first-order valence-corrected chi connectivity index (χ1v) is 6.98. The molecule has 1 fully saturated rings. The fourth-order valence-electron chi connectivity index (χ4n) is 2.42. The van der Waals surface area contributed by atoms with Gasteiger partial charge in [0.25, 0.3) is 0 Å². The highest BCUT2D eigenvalue weighted by molar-refractivity contribution is 5.53. The topological polar surface area (TPSA) is 89.8 Å². The van der Waals surface area contributed by atoms with Gasteiger partial charge in [-0.25, -0.2) is 4.79 Å². The minimum absolute atomic E-state index is 0.511. The molecule has 0 saturated heterocycles. The number of benzene rings is 1. The Balaban J connectivity index is 0.000000444. The van der Waals surface area contributed by atoms with Gasteiger partial charge in [0.15, 0.2) is 0 Å². The third-order valence-electron chi connectivity index (χ3n) is 3.44. The van der Waals surface area contributed by atoms with Crippen molar-refractivity contribution in [2.75, 3.05) is 6.54 Å². The van der Waals surface area contributed by atoms with Crippen LogP contribution in [0, 0.1) is 5.92 Å². The molecule has 1 aromatic carbocycles. The zero-order valence-electron chi connectivity index (χ0n) is 11.5. The van der Waals surface area contributed by atoms with Crippen LogP contribution in [0.15, 0.2) is 30.3 Å². The van der Waals surface area contributed by atoms with Gasteiger partial charge in [0.1, 0.15) is 6.23 Å². The Morgan fingerprint density at radius 2 is 1.70 bits per heavy atom. The summed E-state index contributed by atoms with van der Waals surface area (Å²) in [6.45, 7) is 0.941. The van der Waals surface area contributed by atoms with Crippen LogP contribution in [-0.4, -0.2) is 28.0 Å². The van der Waals surface area contributed by atoms with Gasteiger partial charge in [-0.1, -0.05) is 49.6 Å². The summed E-state index contributed by atoms with van der Waals surface area (Å²) in [5, 5.41) is 27.1. The quantitative estimate of drug-likeness (QED) is 0.637. The number of aliphatic hydroxyl groups is 1. The van der Waals surface area contributed by atoms with Gasteiger partial charge >= 0.3 is 6.16 Å². The zero-order valence-corrected chi connectivity index (χ0v) is 11.5. The Morgan fingerprint density at radius 3 is 2.25 bits per heavy atom. The molecule has 0 bridgehead atoms. The number of carbonyl (C=O) groups is 1. The maximum atomic E-state index is 9.94. The zero-order chi connectivity index (χ0) is 14.8. The van der Waals surface area contributed by atoms with Gasteiger partial charge in [-0.05, 0) is 24.3 Å². The number of rotatable bonds is 4. The van der Waals surface area contributed by atoms with Crippen LogP contribution in [0.2, 0.25) is 0 Å². The molecule has 0 heterocycles. The van der Waals surface area contributed by atoms with Crippen LogP contribution < -0.4 is 5.32 Å². The molecule has 0 amide bonds. The van der Waals surface area contributed by atoms with E-state index in [1.807, 2.05) is 30.3 Å². The molecule has 5 heteroatoms. The van der Waals surface area contributed by atoms with E-state index in [2.05, 4.69) is 5.32 Å². The predicted molar refractivity (Wildman–Crippen MR) is 76.6 cm³/mol. The molecule has 0 spiro atoms. The smallest absolute Gasteiger partial charge is 0.450 e. The Hall–Kier alpha value is -1.59. The van der Waals surface area contributed by atoms with Crippen LogP contribution in [0.4, 0.5) is 4.79 Å². The molecule has 5 nitrogen and oxygen atoms in total. The number of hydrogen-bond donors (Lipinski definition) is 4. The second-order valence-corrected chi connectivity index (χ2v) is 5.01. The average molecular weight is 281 g/mol. The third-order valence-corrected chi connectivity index (χ3v) is 3.44. The first-order chi connectivity index (χ1) is 9.59. The average Bonchev–Trinajstić information content (AvgIpc) is 2.46. The van der Waals surface area contributed by atoms with E-state index in [0.29, 0.717) is 0 Å². The lowest BCUT2D eigenvalue weighted by molar-refractivity contribution is 0.128. The minimum Gasteiger partial charge on any atom is -0.450 e. The van der Waals surface area contributed by atoms with Crippen molar-refractivity contribution < 1.29 is 20.1 Å². The second kappa shape index (κ2) is 9.34. The van der Waals surface area contributed by atoms with Gasteiger partial charge in [-0.3, -0.25) is 5.32 Å². The van der Waals surface area contributed by atoms with Crippen molar-refractivity contribution >= 4 is 6.16 Å². The molecule has 0 aliphatic heterocycles. The maximum Gasteiger partial charge on any atom is 0.503 e. The fraction of sp³-hybridized carbons (Fsp3) is 0.533. The van der Waals surface area contributed by atoms with E-state index in [1.54, 1.807) is 0 Å². The van der Waals surface area contributed by atoms with Crippen molar-refractivity contribution in [2.24, 2.45) is 5.92 Å². The minimum atomic E-state index is -1.83. The SMILES string of the molecule is O=C(O)O.OC(NCC1CCCCC1)c1ccccc1. The molecule has 0 aromatic heterocycles. The molecule has 1 atom stereocenters. The molecule has 1 aliphatic rings. The van der Waals surface area contributed by atoms with E-state index in [9.17, 15) is 5.11 Å². The van der Waals surface area contributed by atoms with Crippen LogP contribution in [-0.2, 0) is 0 Å². The Morgan fingerprint density at radius 1 is 1.15 bits per heavy atom. The molecule has 1 unspecified atom stereocenters. The summed E-state index contributed by atoms with van der Waals surface area (Å²) < 4.78 is 0. The molecule has 112 valence electrons. The van der Waals surface area contributed by atoms with Gasteiger partial charge in [-0.15, -0.1) is 0 Å². The monoisotopic (exact) mass is 281 g/mol. The van der Waals surface area contributed by atoms with Crippen molar-refractivity contribution in [3.8, 4) is 0 Å². The number of carboxylic acid groups (broad SMARTS) is 2. The van der Waals surface area contributed by atoms with Gasteiger partial charge in [0.2, 0.25) is 0 Å². The number of hydrogen-bond acceptors (Lipinski definition) is 3. The van der Waals surface area contributed by atoms with E-state index in [4.69, 9.17) is 15.0 Å². The summed E-state index contributed by atoms with van der Waals surface area (Å²) in [5.74, 6) is 0.757. The summed E-state index contributed by atoms with van der Waals surface area (Å²) in [6, 6.07) is 9.80. The third kappa shape index (κ3) is 7.11.